The first kappa shape index (κ1) is 17.0. The van der Waals surface area contributed by atoms with E-state index in [1.807, 2.05) is 72.4 Å². The summed E-state index contributed by atoms with van der Waals surface area (Å²) in [6, 6.07) is 13.8. The zero-order valence-electron chi connectivity index (χ0n) is 14.9. The Morgan fingerprint density at radius 1 is 1.11 bits per heavy atom. The molecule has 0 bridgehead atoms. The number of hydrogen-bond donors (Lipinski definition) is 1. The molecule has 5 nitrogen and oxygen atoms in total. The second-order valence-electron chi connectivity index (χ2n) is 6.57. The van der Waals surface area contributed by atoms with Crippen LogP contribution in [0.1, 0.15) is 18.5 Å². The molecule has 2 aromatic heterocycles. The van der Waals surface area contributed by atoms with Crippen LogP contribution in [0.2, 0.25) is 0 Å². The van der Waals surface area contributed by atoms with Crippen molar-refractivity contribution in [3.8, 4) is 16.8 Å². The minimum atomic E-state index is -0.884. The van der Waals surface area contributed by atoms with Gasteiger partial charge in [-0.2, -0.15) is 5.10 Å². The molecule has 1 aliphatic carbocycles. The number of rotatable bonds is 4. The Balaban J connectivity index is 1.84. The van der Waals surface area contributed by atoms with Crippen molar-refractivity contribution in [1.29, 1.82) is 0 Å². The Morgan fingerprint density at radius 2 is 1.85 bits per heavy atom. The molecular formula is C22H19N3O2. The SMILES string of the molecule is CC1C(C(=O)O)=CC=CC1c1nn(-c2ccccc2)cc1-c1ccncc1. The van der Waals surface area contributed by atoms with E-state index in [1.165, 1.54) is 0 Å². The number of aliphatic carboxylic acids is 1. The third-order valence-electron chi connectivity index (χ3n) is 4.94. The summed E-state index contributed by atoms with van der Waals surface area (Å²) < 4.78 is 1.85. The molecule has 0 saturated heterocycles. The monoisotopic (exact) mass is 357 g/mol. The molecule has 0 amide bonds. The van der Waals surface area contributed by atoms with Crippen molar-refractivity contribution in [2.45, 2.75) is 12.8 Å². The molecule has 1 N–H and O–H groups in total. The van der Waals surface area contributed by atoms with Crippen molar-refractivity contribution >= 4 is 5.97 Å². The van der Waals surface area contributed by atoms with E-state index in [0.717, 1.165) is 22.5 Å². The minimum absolute atomic E-state index is 0.116. The highest BCUT2D eigenvalue weighted by Gasteiger charge is 2.30. The van der Waals surface area contributed by atoms with E-state index in [2.05, 4.69) is 4.98 Å². The average molecular weight is 357 g/mol. The molecule has 3 aromatic rings. The fourth-order valence-electron chi connectivity index (χ4n) is 3.49. The van der Waals surface area contributed by atoms with Crippen LogP contribution in [0.25, 0.3) is 16.8 Å². The number of carboxylic acids is 1. The summed E-state index contributed by atoms with van der Waals surface area (Å²) in [5.41, 5.74) is 4.21. The van der Waals surface area contributed by atoms with Crippen molar-refractivity contribution in [3.63, 3.8) is 0 Å². The van der Waals surface area contributed by atoms with Crippen LogP contribution in [0.15, 0.2) is 84.9 Å². The number of hydrogen-bond acceptors (Lipinski definition) is 3. The number of pyridine rings is 1. The maximum absolute atomic E-state index is 11.6. The van der Waals surface area contributed by atoms with Crippen LogP contribution >= 0.6 is 0 Å². The van der Waals surface area contributed by atoms with Gasteiger partial charge in [0.15, 0.2) is 0 Å². The number of carboxylic acid groups (broad SMARTS) is 1. The predicted molar refractivity (Wildman–Crippen MR) is 104 cm³/mol. The molecule has 0 aliphatic heterocycles. The lowest BCUT2D eigenvalue weighted by atomic mass is 9.80. The lowest BCUT2D eigenvalue weighted by Gasteiger charge is -2.24. The zero-order chi connectivity index (χ0) is 18.8. The normalized spacial score (nSPS) is 18.9. The molecule has 2 heterocycles. The number of para-hydroxylation sites is 1. The topological polar surface area (TPSA) is 68.0 Å². The molecule has 0 spiro atoms. The molecule has 2 unspecified atom stereocenters. The van der Waals surface area contributed by atoms with Gasteiger partial charge in [-0.25, -0.2) is 9.48 Å². The summed E-state index contributed by atoms with van der Waals surface area (Å²) in [7, 11) is 0. The fourth-order valence-corrected chi connectivity index (χ4v) is 3.49. The van der Waals surface area contributed by atoms with E-state index in [4.69, 9.17) is 5.10 Å². The van der Waals surface area contributed by atoms with Gasteiger partial charge in [-0.05, 0) is 29.8 Å². The summed E-state index contributed by atoms with van der Waals surface area (Å²) in [6.45, 7) is 1.94. The Morgan fingerprint density at radius 3 is 2.56 bits per heavy atom. The first-order valence-corrected chi connectivity index (χ1v) is 8.82. The number of aromatic nitrogens is 3. The van der Waals surface area contributed by atoms with E-state index in [9.17, 15) is 9.90 Å². The van der Waals surface area contributed by atoms with E-state index < -0.39 is 5.97 Å². The molecule has 2 atom stereocenters. The summed E-state index contributed by atoms with van der Waals surface area (Å²) in [5, 5.41) is 14.4. The first-order chi connectivity index (χ1) is 13.1. The van der Waals surface area contributed by atoms with Gasteiger partial charge in [0.1, 0.15) is 0 Å². The van der Waals surface area contributed by atoms with Crippen LogP contribution in [-0.2, 0) is 4.79 Å². The lowest BCUT2D eigenvalue weighted by molar-refractivity contribution is -0.133. The van der Waals surface area contributed by atoms with Gasteiger partial charge in [0.05, 0.1) is 11.4 Å². The number of carbonyl (C=O) groups is 1. The Kier molecular flexibility index (Phi) is 4.42. The van der Waals surface area contributed by atoms with Gasteiger partial charge in [-0.3, -0.25) is 4.98 Å². The van der Waals surface area contributed by atoms with Gasteiger partial charge in [0.2, 0.25) is 0 Å². The second kappa shape index (κ2) is 7.03. The predicted octanol–water partition coefficient (Wildman–Crippen LogP) is 4.23. The van der Waals surface area contributed by atoms with Crippen LogP contribution in [0.5, 0.6) is 0 Å². The van der Waals surface area contributed by atoms with Crippen molar-refractivity contribution in [3.05, 3.63) is 90.6 Å². The molecule has 134 valence electrons. The van der Waals surface area contributed by atoms with Crippen LogP contribution in [-0.4, -0.2) is 25.8 Å². The molecule has 0 radical (unpaired) electrons. The second-order valence-corrected chi connectivity index (χ2v) is 6.57. The van der Waals surface area contributed by atoms with Gasteiger partial charge in [-0.15, -0.1) is 0 Å². The molecule has 27 heavy (non-hydrogen) atoms. The smallest absolute Gasteiger partial charge is 0.331 e. The van der Waals surface area contributed by atoms with E-state index in [1.54, 1.807) is 18.5 Å². The van der Waals surface area contributed by atoms with Crippen LogP contribution in [0, 0.1) is 5.92 Å². The highest BCUT2D eigenvalue weighted by molar-refractivity contribution is 5.88. The third-order valence-corrected chi connectivity index (χ3v) is 4.94. The fraction of sp³-hybridized carbons (Fsp3) is 0.136. The number of nitrogens with zero attached hydrogens (tertiary/aromatic N) is 3. The Bertz CT molecular complexity index is 1020. The zero-order valence-corrected chi connectivity index (χ0v) is 14.9. The van der Waals surface area contributed by atoms with Gasteiger partial charge in [-0.1, -0.05) is 43.4 Å². The quantitative estimate of drug-likeness (QED) is 0.758. The van der Waals surface area contributed by atoms with E-state index in [-0.39, 0.29) is 11.8 Å². The van der Waals surface area contributed by atoms with Crippen molar-refractivity contribution < 1.29 is 9.90 Å². The maximum atomic E-state index is 11.6. The Labute approximate surface area is 157 Å². The van der Waals surface area contributed by atoms with Gasteiger partial charge < -0.3 is 5.11 Å². The van der Waals surface area contributed by atoms with Crippen molar-refractivity contribution in [1.82, 2.24) is 14.8 Å². The molecule has 1 aliphatic rings. The molecule has 4 rings (SSSR count). The summed E-state index contributed by atoms with van der Waals surface area (Å²) >= 11 is 0. The Hall–Kier alpha value is -3.47. The molecule has 0 saturated carbocycles. The maximum Gasteiger partial charge on any atom is 0.331 e. The van der Waals surface area contributed by atoms with E-state index in [0.29, 0.717) is 5.57 Å². The largest absolute Gasteiger partial charge is 0.478 e. The molecular weight excluding hydrogens is 338 g/mol. The molecule has 0 fully saturated rings. The van der Waals surface area contributed by atoms with Gasteiger partial charge >= 0.3 is 5.97 Å². The first-order valence-electron chi connectivity index (χ1n) is 8.82. The summed E-state index contributed by atoms with van der Waals surface area (Å²) in [5.74, 6) is -1.17. The van der Waals surface area contributed by atoms with Gasteiger partial charge in [0, 0.05) is 41.6 Å². The summed E-state index contributed by atoms with van der Waals surface area (Å²) in [4.78, 5) is 15.7. The van der Waals surface area contributed by atoms with Crippen molar-refractivity contribution in [2.24, 2.45) is 5.92 Å². The van der Waals surface area contributed by atoms with Crippen LogP contribution in [0.4, 0.5) is 0 Å². The average Bonchev–Trinajstić information content (AvgIpc) is 3.14. The highest BCUT2D eigenvalue weighted by atomic mass is 16.4. The van der Waals surface area contributed by atoms with Gasteiger partial charge in [0.25, 0.3) is 0 Å². The van der Waals surface area contributed by atoms with Crippen LogP contribution < -0.4 is 0 Å². The van der Waals surface area contributed by atoms with E-state index >= 15 is 0 Å². The lowest BCUT2D eigenvalue weighted by Crippen LogP contribution is -2.19. The summed E-state index contributed by atoms with van der Waals surface area (Å²) in [6.07, 6.45) is 11.0. The minimum Gasteiger partial charge on any atom is -0.478 e. The number of benzene rings is 1. The molecule has 5 heteroatoms. The highest BCUT2D eigenvalue weighted by Crippen LogP contribution is 2.38. The third kappa shape index (κ3) is 3.19. The van der Waals surface area contributed by atoms with Crippen LogP contribution in [0.3, 0.4) is 0 Å². The standard InChI is InChI=1S/C22H19N3O2/c1-15-18(8-5-9-19(15)22(26)27)21-20(16-10-12-23-13-11-16)14-25(24-21)17-6-3-2-4-7-17/h2-15,18H,1H3,(H,26,27). The molecule has 1 aromatic carbocycles. The van der Waals surface area contributed by atoms with Crippen molar-refractivity contribution in [2.75, 3.05) is 0 Å². The number of allylic oxidation sites excluding steroid dienone is 3.